The van der Waals surface area contributed by atoms with Crippen molar-refractivity contribution >= 4 is 10.0 Å². The van der Waals surface area contributed by atoms with E-state index in [1.54, 1.807) is 22.6 Å². The van der Waals surface area contributed by atoms with Gasteiger partial charge in [0, 0.05) is 44.6 Å². The van der Waals surface area contributed by atoms with Crippen LogP contribution in [-0.2, 0) is 10.0 Å². The minimum atomic E-state index is -3.48. The van der Waals surface area contributed by atoms with Crippen molar-refractivity contribution in [2.45, 2.75) is 56.1 Å². The van der Waals surface area contributed by atoms with Crippen molar-refractivity contribution in [3.8, 4) is 5.88 Å². The van der Waals surface area contributed by atoms with E-state index in [1.807, 2.05) is 26.1 Å². The second-order valence-electron chi connectivity index (χ2n) is 8.79. The molecule has 1 aromatic heterocycles. The van der Waals surface area contributed by atoms with E-state index >= 15 is 0 Å². The third-order valence-electron chi connectivity index (χ3n) is 6.59. The van der Waals surface area contributed by atoms with Gasteiger partial charge in [-0.1, -0.05) is 6.07 Å². The van der Waals surface area contributed by atoms with E-state index in [9.17, 15) is 8.42 Å². The number of aryl methyl sites for hydroxylation is 2. The molecule has 8 heteroatoms. The van der Waals surface area contributed by atoms with Crippen LogP contribution < -0.4 is 4.74 Å². The molecule has 1 aliphatic carbocycles. The second-order valence-corrected chi connectivity index (χ2v) is 10.7. The molecule has 30 heavy (non-hydrogen) atoms. The number of piperazine rings is 1. The maximum Gasteiger partial charge on any atom is 0.243 e. The van der Waals surface area contributed by atoms with Crippen LogP contribution in [0, 0.1) is 13.8 Å². The molecule has 0 bridgehead atoms. The quantitative estimate of drug-likeness (QED) is 0.728. The fourth-order valence-corrected chi connectivity index (χ4v) is 6.00. The predicted octanol–water partition coefficient (Wildman–Crippen LogP) is 2.50. The van der Waals surface area contributed by atoms with Gasteiger partial charge in [-0.25, -0.2) is 13.4 Å². The molecule has 0 N–H and O–H groups in total. The first-order valence-electron chi connectivity index (χ1n) is 10.7. The summed E-state index contributed by atoms with van der Waals surface area (Å²) in [7, 11) is -3.48. The van der Waals surface area contributed by atoms with Crippen LogP contribution in [0.25, 0.3) is 0 Å². The van der Waals surface area contributed by atoms with Crippen molar-refractivity contribution in [1.29, 1.82) is 0 Å². The molecule has 2 atom stereocenters. The molecule has 2 aromatic rings. The van der Waals surface area contributed by atoms with Gasteiger partial charge in [0.05, 0.1) is 23.0 Å². The molecule has 0 unspecified atom stereocenters. The van der Waals surface area contributed by atoms with Crippen LogP contribution >= 0.6 is 0 Å². The van der Waals surface area contributed by atoms with Crippen LogP contribution in [-0.4, -0.2) is 65.9 Å². The van der Waals surface area contributed by atoms with Crippen LogP contribution in [0.3, 0.4) is 0 Å². The summed E-state index contributed by atoms with van der Waals surface area (Å²) >= 11 is 0. The Labute approximate surface area is 178 Å². The highest BCUT2D eigenvalue weighted by atomic mass is 32.2. The van der Waals surface area contributed by atoms with E-state index in [2.05, 4.69) is 14.9 Å². The fraction of sp³-hybridized carbons (Fsp3) is 0.545. The van der Waals surface area contributed by atoms with Gasteiger partial charge in [0.15, 0.2) is 0 Å². The van der Waals surface area contributed by atoms with Gasteiger partial charge in [-0.2, -0.15) is 4.31 Å². The molecule has 1 saturated carbocycles. The largest absolute Gasteiger partial charge is 0.472 e. The Morgan fingerprint density at radius 1 is 1.03 bits per heavy atom. The van der Waals surface area contributed by atoms with E-state index < -0.39 is 10.0 Å². The van der Waals surface area contributed by atoms with Crippen molar-refractivity contribution in [2.75, 3.05) is 26.2 Å². The third-order valence-corrected chi connectivity index (χ3v) is 8.45. The Morgan fingerprint density at radius 2 is 1.87 bits per heavy atom. The van der Waals surface area contributed by atoms with Gasteiger partial charge in [0.2, 0.25) is 15.9 Å². The lowest BCUT2D eigenvalue weighted by Crippen LogP contribution is -2.51. The van der Waals surface area contributed by atoms with Gasteiger partial charge >= 0.3 is 0 Å². The fourth-order valence-electron chi connectivity index (χ4n) is 4.44. The molecule has 1 aromatic carbocycles. The van der Waals surface area contributed by atoms with Crippen LogP contribution in [0.1, 0.15) is 42.0 Å². The molecule has 3 heterocycles. The van der Waals surface area contributed by atoms with Crippen molar-refractivity contribution in [3.05, 3.63) is 47.4 Å². The van der Waals surface area contributed by atoms with Gasteiger partial charge < -0.3 is 4.74 Å². The lowest BCUT2D eigenvalue weighted by atomic mass is 10.1. The lowest BCUT2D eigenvalue weighted by Gasteiger charge is -2.36. The van der Waals surface area contributed by atoms with Gasteiger partial charge in [-0.05, 0) is 49.9 Å². The third kappa shape index (κ3) is 3.84. The molecule has 2 saturated heterocycles. The summed E-state index contributed by atoms with van der Waals surface area (Å²) in [6.45, 7) is 6.48. The zero-order chi connectivity index (χ0) is 20.9. The smallest absolute Gasteiger partial charge is 0.243 e. The Kier molecular flexibility index (Phi) is 5.03. The molecule has 7 nitrogen and oxygen atoms in total. The normalized spacial score (nSPS) is 25.3. The van der Waals surface area contributed by atoms with Crippen LogP contribution in [0.4, 0.5) is 0 Å². The number of hydrogen-bond acceptors (Lipinski definition) is 6. The summed E-state index contributed by atoms with van der Waals surface area (Å²) in [5.41, 5.74) is 3.15. The first kappa shape index (κ1) is 19.9. The van der Waals surface area contributed by atoms with Gasteiger partial charge in [0.25, 0.3) is 0 Å². The maximum atomic E-state index is 13.2. The molecule has 0 radical (unpaired) electrons. The minimum Gasteiger partial charge on any atom is -0.472 e. The highest BCUT2D eigenvalue weighted by Gasteiger charge is 2.41. The standard InChI is InChI=1S/C22H28N4O3S/c1-15-3-6-20(9-16(15)2)30(27,28)26-8-7-25-14-19(10-18(25)13-26)29-22-12-23-21(11-24-22)17-4-5-17/h3,6,9,11-12,17-19H,4-5,7-8,10,13-14H2,1-2H3/t18-,19+/m0/s1. The van der Waals surface area contributed by atoms with E-state index in [4.69, 9.17) is 4.74 Å². The highest BCUT2D eigenvalue weighted by Crippen LogP contribution is 2.38. The number of hydrogen-bond donors (Lipinski definition) is 0. The Hall–Kier alpha value is -2.03. The molecular formula is C22H28N4O3S. The number of rotatable bonds is 5. The average Bonchev–Trinajstić information content (AvgIpc) is 3.50. The second kappa shape index (κ2) is 7.59. The molecule has 3 aliphatic rings. The highest BCUT2D eigenvalue weighted by molar-refractivity contribution is 7.89. The minimum absolute atomic E-state index is 0.0142. The van der Waals surface area contributed by atoms with Crippen molar-refractivity contribution in [2.24, 2.45) is 0 Å². The molecule has 0 amide bonds. The predicted molar refractivity (Wildman–Crippen MR) is 113 cm³/mol. The Balaban J connectivity index is 1.23. The van der Waals surface area contributed by atoms with Crippen molar-refractivity contribution in [3.63, 3.8) is 0 Å². The summed E-state index contributed by atoms with van der Waals surface area (Å²) in [5.74, 6) is 1.14. The lowest BCUT2D eigenvalue weighted by molar-refractivity contribution is 0.151. The summed E-state index contributed by atoms with van der Waals surface area (Å²) in [4.78, 5) is 11.6. The van der Waals surface area contributed by atoms with Gasteiger partial charge in [0.1, 0.15) is 6.10 Å². The molecule has 0 spiro atoms. The number of ether oxygens (including phenoxy) is 1. The summed E-state index contributed by atoms with van der Waals surface area (Å²) < 4.78 is 34.0. The van der Waals surface area contributed by atoms with Crippen molar-refractivity contribution in [1.82, 2.24) is 19.2 Å². The number of fused-ring (bicyclic) bond motifs is 1. The van der Waals surface area contributed by atoms with E-state index in [-0.39, 0.29) is 12.1 Å². The Morgan fingerprint density at radius 3 is 2.57 bits per heavy atom. The van der Waals surface area contributed by atoms with E-state index in [0.717, 1.165) is 36.3 Å². The molecule has 5 rings (SSSR count). The van der Waals surface area contributed by atoms with Crippen LogP contribution in [0.15, 0.2) is 35.5 Å². The molecule has 2 aliphatic heterocycles. The van der Waals surface area contributed by atoms with E-state index in [1.165, 1.54) is 12.8 Å². The van der Waals surface area contributed by atoms with Crippen molar-refractivity contribution < 1.29 is 13.2 Å². The zero-order valence-corrected chi connectivity index (χ0v) is 18.3. The molecule has 3 fully saturated rings. The monoisotopic (exact) mass is 428 g/mol. The SMILES string of the molecule is Cc1ccc(S(=O)(=O)N2CCN3C[C@H](Oc4cnc(C5CC5)cn4)C[C@H]3C2)cc1C. The Bertz CT molecular complexity index is 1040. The van der Waals surface area contributed by atoms with Gasteiger partial charge in [-0.15, -0.1) is 0 Å². The number of aromatic nitrogens is 2. The van der Waals surface area contributed by atoms with Gasteiger partial charge in [-0.3, -0.25) is 9.88 Å². The summed E-state index contributed by atoms with van der Waals surface area (Å²) in [5, 5.41) is 0. The first-order valence-corrected chi connectivity index (χ1v) is 12.1. The van der Waals surface area contributed by atoms with Crippen LogP contribution in [0.2, 0.25) is 0 Å². The maximum absolute atomic E-state index is 13.2. The number of benzene rings is 1. The number of sulfonamides is 1. The summed E-state index contributed by atoms with van der Waals surface area (Å²) in [6.07, 6.45) is 6.77. The average molecular weight is 429 g/mol. The summed E-state index contributed by atoms with van der Waals surface area (Å²) in [6, 6.07) is 5.55. The molecule has 160 valence electrons. The van der Waals surface area contributed by atoms with Crippen LogP contribution in [0.5, 0.6) is 5.88 Å². The first-order chi connectivity index (χ1) is 14.4. The van der Waals surface area contributed by atoms with E-state index in [0.29, 0.717) is 29.8 Å². The topological polar surface area (TPSA) is 75.6 Å². The number of nitrogens with zero attached hydrogens (tertiary/aromatic N) is 4. The zero-order valence-electron chi connectivity index (χ0n) is 17.5. The molecular weight excluding hydrogens is 400 g/mol.